The summed E-state index contributed by atoms with van der Waals surface area (Å²) in [4.78, 5) is 37.7. The molecule has 6 aliphatic rings. The van der Waals surface area contributed by atoms with Crippen LogP contribution >= 0.6 is 0 Å². The summed E-state index contributed by atoms with van der Waals surface area (Å²) in [5, 5.41) is 15.5. The van der Waals surface area contributed by atoms with Gasteiger partial charge in [0.25, 0.3) is 0 Å². The summed E-state index contributed by atoms with van der Waals surface area (Å²) < 4.78 is 154. The van der Waals surface area contributed by atoms with Crippen LogP contribution in [-0.2, 0) is 115 Å². The van der Waals surface area contributed by atoms with E-state index in [2.05, 4.69) is 10.6 Å². The standard InChI is InChI=1S/C20H22O5S.C19H21NO4S.C19H23NO3S.C16H16O3S.C16H14O3S.C4H8O.2B.Na.H/c1-2-24-20(21)14-25-19-10-6-7-15-13-17(11-12-18(15)19)26(22,23)16-8-4-3-5-9-16;1-20-19(21)13-24-18-9-5-6-14-12-16(10-11-17(14)18)25(22,23)15-7-3-2-4-8-15;1-20-12-13-23-19-9-5-6-15-14-17(10-11-18(15)19)24(21,22)16-7-3-2-4-8-16;2*17-16-8-4-5-12-11-14(9-10-15(12)16)20(18,19)13-6-2-1-3-7-13;1-2-4-5-3-1;;;;/h3-5,8-9,11-13,19H,2,6-7,10,14H2,1H3;2-4,7-8,10-12,18H,5-6,9,13H2,1H3,(H,20,21);2-4,7-8,10-11,14,19-20H,5-6,9,12-13H2,1H3;1-3,6-7,9-11,16-17H,4-5,8H2;1-3,6-7,9-11H,4-5,8H2;1-4H2;;;;/q;;;;;;;;+1;-1. The number of rotatable bonds is 21. The number of ketones is 1. The largest absolute Gasteiger partial charge is 1.00 e. The predicted octanol–water partition coefficient (Wildman–Crippen LogP) is 12.3. The van der Waals surface area contributed by atoms with Crippen LogP contribution in [0.1, 0.15) is 170 Å². The van der Waals surface area contributed by atoms with Crippen LogP contribution < -0.4 is 40.2 Å². The Morgan fingerprint density at radius 1 is 0.390 bits per heavy atom. The van der Waals surface area contributed by atoms with Gasteiger partial charge in [0.15, 0.2) is 5.78 Å². The summed E-state index contributed by atoms with van der Waals surface area (Å²) in [7, 11) is -14.0. The molecule has 10 aromatic rings. The molecule has 21 nitrogen and oxygen atoms in total. The number of benzene rings is 10. The van der Waals surface area contributed by atoms with Gasteiger partial charge in [-0.1, -0.05) is 115 Å². The van der Waals surface area contributed by atoms with Crippen molar-refractivity contribution >= 4 is 83.7 Å². The van der Waals surface area contributed by atoms with Gasteiger partial charge in [0.2, 0.25) is 55.1 Å². The smallest absolute Gasteiger partial charge is 1.00 e. The molecule has 5 aliphatic carbocycles. The second-order valence-electron chi connectivity index (χ2n) is 29.6. The predicted molar refractivity (Wildman–Crippen MR) is 469 cm³/mol. The SMILES string of the molecule is C1CCOC1.CCOC(=O)COC1CCCc2cc(S(=O)(=O)c3ccccc3)ccc21.CNC(=O)COC1CCCc2cc(S(=O)(=O)c3ccccc3)ccc21.CNCCOC1CCCc2cc(S(=O)(=O)c3ccccc3)ccc21.O=C1CCCc2cc(S(=O)(=O)c3ccccc3)ccc21.O=S(=O)(c1ccccc1)c1ccc2c(c1)CCCC2O.[B].[B].[H-].[Na+]. The molecule has 1 heterocycles. The Labute approximate surface area is 752 Å². The van der Waals surface area contributed by atoms with E-state index in [1.165, 1.54) is 18.9 Å². The molecule has 0 spiro atoms. The molecule has 3 N–H and O–H groups in total. The number of hydrogen-bond donors (Lipinski definition) is 3. The zero-order valence-corrected chi connectivity index (χ0v) is 75.9. The Hall–Kier alpha value is -8.55. The van der Waals surface area contributed by atoms with E-state index in [0.29, 0.717) is 49.7 Å². The molecule has 123 heavy (non-hydrogen) atoms. The number of nitrogens with one attached hydrogen (secondary N) is 2. The Balaban J connectivity index is 0.000000209. The number of aliphatic hydroxyl groups excluding tert-OH is 1. The van der Waals surface area contributed by atoms with E-state index in [4.69, 9.17) is 23.7 Å². The summed E-state index contributed by atoms with van der Waals surface area (Å²) >= 11 is 0. The van der Waals surface area contributed by atoms with E-state index in [1.54, 1.807) is 226 Å². The van der Waals surface area contributed by atoms with Gasteiger partial charge in [0, 0.05) is 55.6 Å². The molecule has 0 saturated carbocycles. The summed E-state index contributed by atoms with van der Waals surface area (Å²) in [6.45, 7) is 5.45. The number of ether oxygens (including phenoxy) is 5. The Morgan fingerprint density at radius 2 is 0.707 bits per heavy atom. The van der Waals surface area contributed by atoms with Crippen molar-refractivity contribution in [3.63, 3.8) is 0 Å². The zero-order valence-electron chi connectivity index (χ0n) is 70.9. The second-order valence-corrected chi connectivity index (χ2v) is 39.3. The third-order valence-corrected chi connectivity index (χ3v) is 30.3. The average Bonchev–Trinajstić information content (AvgIpc) is 0.855. The monoisotopic (exact) mass is 1770 g/mol. The van der Waals surface area contributed by atoms with Crippen LogP contribution in [0.25, 0.3) is 0 Å². The molecule has 4 atom stereocenters. The van der Waals surface area contributed by atoms with E-state index in [9.17, 15) is 61.6 Å². The Bertz CT molecular complexity index is 5750. The molecule has 6 radical (unpaired) electrons. The number of Topliss-reactive ketones (excluding diaryl/α,β-unsaturated/α-hetero) is 1. The molecule has 1 aliphatic heterocycles. The zero-order chi connectivity index (χ0) is 85.3. The fourth-order valence-corrected chi connectivity index (χ4v) is 21.8. The Morgan fingerprint density at radius 3 is 1.05 bits per heavy atom. The Kier molecular flexibility index (Phi) is 38.7. The molecule has 4 unspecified atom stereocenters. The van der Waals surface area contributed by atoms with Gasteiger partial charge in [-0.25, -0.2) is 46.9 Å². The van der Waals surface area contributed by atoms with E-state index in [-0.39, 0.29) is 121 Å². The molecule has 0 bridgehead atoms. The van der Waals surface area contributed by atoms with Crippen molar-refractivity contribution in [1.29, 1.82) is 0 Å². The first-order valence-corrected chi connectivity index (χ1v) is 48.1. The summed E-state index contributed by atoms with van der Waals surface area (Å²) in [5.74, 6) is -0.451. The minimum absolute atomic E-state index is 0. The number of hydrogen-bond acceptors (Lipinski definition) is 20. The van der Waals surface area contributed by atoms with Crippen molar-refractivity contribution in [3.05, 3.63) is 298 Å². The molecular weight excluding hydrogens is 1670 g/mol. The fourth-order valence-electron chi connectivity index (χ4n) is 15.1. The first kappa shape index (κ1) is 99.9. The van der Waals surface area contributed by atoms with Gasteiger partial charge < -0.3 is 40.9 Å². The molecule has 16 rings (SSSR count). The molecule has 1 amide bonds. The van der Waals surface area contributed by atoms with Crippen molar-refractivity contribution in [2.24, 2.45) is 0 Å². The maximum absolute atomic E-state index is 12.8. The van der Waals surface area contributed by atoms with Crippen molar-refractivity contribution in [3.8, 4) is 0 Å². The third kappa shape index (κ3) is 26.3. The maximum Gasteiger partial charge on any atom is 1.00 e. The average molecular weight is 1770 g/mol. The second kappa shape index (κ2) is 47.7. The normalized spacial score (nSPS) is 16.8. The number of carbonyl (C=O) groups is 3. The van der Waals surface area contributed by atoms with E-state index in [0.717, 1.165) is 160 Å². The van der Waals surface area contributed by atoms with Crippen molar-refractivity contribution in [2.75, 3.05) is 60.3 Å². The van der Waals surface area contributed by atoms with Crippen LogP contribution in [0.15, 0.2) is 292 Å². The third-order valence-electron chi connectivity index (χ3n) is 21.5. The number of aliphatic hydroxyl groups is 1. The van der Waals surface area contributed by atoms with Gasteiger partial charge in [-0.15, -0.1) is 0 Å². The van der Waals surface area contributed by atoms with Crippen LogP contribution in [0, 0.1) is 0 Å². The van der Waals surface area contributed by atoms with Crippen LogP contribution in [0.3, 0.4) is 0 Å². The van der Waals surface area contributed by atoms with E-state index < -0.39 is 55.3 Å². The molecule has 29 heteroatoms. The van der Waals surface area contributed by atoms with Gasteiger partial charge in [0.1, 0.15) is 13.2 Å². The van der Waals surface area contributed by atoms with Gasteiger partial charge in [-0.3, -0.25) is 9.59 Å². The molecule has 0 aromatic heterocycles. The number of fused-ring (bicyclic) bond motifs is 5. The van der Waals surface area contributed by atoms with E-state index >= 15 is 0 Å². The number of sulfone groups is 5. The molecular formula is C94H105B2N2NaO19S5. The van der Waals surface area contributed by atoms with Crippen molar-refractivity contribution < 1.29 is 116 Å². The topological polar surface area (TPSA) is 312 Å². The number of carbonyl (C=O) groups excluding carboxylic acids is 3. The van der Waals surface area contributed by atoms with Gasteiger partial charge in [0.05, 0.1) is 86.6 Å². The summed E-state index contributed by atoms with van der Waals surface area (Å²) in [6.07, 6.45) is 14.3. The number of aryl methyl sites for hydroxylation is 5. The van der Waals surface area contributed by atoms with Crippen LogP contribution in [0.2, 0.25) is 0 Å². The first-order valence-electron chi connectivity index (χ1n) is 40.6. The van der Waals surface area contributed by atoms with Crippen molar-refractivity contribution in [2.45, 2.75) is 189 Å². The molecule has 642 valence electrons. The minimum Gasteiger partial charge on any atom is -1.00 e. The first-order chi connectivity index (χ1) is 57.8. The minimum atomic E-state index is -3.54. The van der Waals surface area contributed by atoms with E-state index in [1.807, 2.05) is 31.3 Å². The fraction of sp³-hybridized carbons (Fsp3) is 0.330. The summed E-state index contributed by atoms with van der Waals surface area (Å²) in [5.41, 5.74) is 9.41. The van der Waals surface area contributed by atoms with Gasteiger partial charge >= 0.3 is 35.5 Å². The number of amides is 1. The maximum atomic E-state index is 12.8. The number of esters is 1. The van der Waals surface area contributed by atoms with Gasteiger partial charge in [-0.05, 0) is 294 Å². The van der Waals surface area contributed by atoms with Crippen LogP contribution in [0.4, 0.5) is 0 Å². The molecule has 1 fully saturated rings. The van der Waals surface area contributed by atoms with Crippen LogP contribution in [-0.4, -0.2) is 142 Å². The quantitative estimate of drug-likeness (QED) is 0.0342. The van der Waals surface area contributed by atoms with Crippen molar-refractivity contribution in [1.82, 2.24) is 10.6 Å². The molecule has 10 aromatic carbocycles. The number of likely N-dealkylation sites (N-methyl/N-ethyl adjacent to an activating group) is 2. The molecule has 1 saturated heterocycles. The van der Waals surface area contributed by atoms with Gasteiger partial charge in [-0.2, -0.15) is 0 Å². The van der Waals surface area contributed by atoms with Crippen LogP contribution in [0.5, 0.6) is 0 Å². The summed E-state index contributed by atoms with van der Waals surface area (Å²) in [6, 6.07) is 67.9.